The van der Waals surface area contributed by atoms with Gasteiger partial charge in [-0.15, -0.1) is 0 Å². The number of hydrogen-bond acceptors (Lipinski definition) is 1. The topological polar surface area (TPSA) is 20.2 Å². The molecule has 1 aromatic carbocycles. The fourth-order valence-electron chi connectivity index (χ4n) is 3.15. The third-order valence-corrected chi connectivity index (χ3v) is 4.66. The lowest BCUT2D eigenvalue weighted by atomic mass is 9.77. The predicted octanol–water partition coefficient (Wildman–Crippen LogP) is 5.25. The number of rotatable bonds is 9. The lowest BCUT2D eigenvalue weighted by Crippen LogP contribution is -2.20. The van der Waals surface area contributed by atoms with Crippen LogP contribution >= 0.6 is 0 Å². The Balaban J connectivity index is 2.68. The Morgan fingerprint density at radius 2 is 1.70 bits per heavy atom. The van der Waals surface area contributed by atoms with Crippen molar-refractivity contribution in [3.63, 3.8) is 0 Å². The van der Waals surface area contributed by atoms with Crippen LogP contribution in [0.3, 0.4) is 0 Å². The van der Waals surface area contributed by atoms with E-state index in [9.17, 15) is 5.11 Å². The van der Waals surface area contributed by atoms with Crippen molar-refractivity contribution in [2.45, 2.75) is 59.3 Å². The maximum Gasteiger partial charge on any atom is 0.0502 e. The van der Waals surface area contributed by atoms with Gasteiger partial charge in [-0.05, 0) is 29.7 Å². The van der Waals surface area contributed by atoms with Gasteiger partial charge in [-0.2, -0.15) is 0 Å². The monoisotopic (exact) mass is 276 g/mol. The summed E-state index contributed by atoms with van der Waals surface area (Å²) in [6.45, 7) is 9.49. The molecule has 1 rings (SSSR count). The maximum absolute atomic E-state index is 9.78. The second-order valence-corrected chi connectivity index (χ2v) is 6.56. The summed E-state index contributed by atoms with van der Waals surface area (Å²) in [5, 5.41) is 9.78. The molecule has 0 fully saturated rings. The first-order chi connectivity index (χ1) is 9.60. The van der Waals surface area contributed by atoms with Crippen LogP contribution in [0.2, 0.25) is 0 Å². The van der Waals surface area contributed by atoms with E-state index in [1.165, 1.54) is 31.2 Å². The zero-order valence-electron chi connectivity index (χ0n) is 13.7. The van der Waals surface area contributed by atoms with E-state index in [2.05, 4.69) is 52.0 Å². The number of aliphatic hydroxyl groups excluding tert-OH is 1. The summed E-state index contributed by atoms with van der Waals surface area (Å²) < 4.78 is 0. The normalized spacial score (nSPS) is 16.1. The summed E-state index contributed by atoms with van der Waals surface area (Å²) in [5.41, 5.74) is 1.28. The van der Waals surface area contributed by atoms with Crippen LogP contribution in [0.25, 0.3) is 0 Å². The van der Waals surface area contributed by atoms with Crippen LogP contribution in [-0.4, -0.2) is 11.7 Å². The molecule has 0 saturated heterocycles. The average Bonchev–Trinajstić information content (AvgIpc) is 2.45. The standard InChI is InChI=1S/C19H32O/c1-5-6-10-18(15(2)3)13-16(4)19(14-20)17-11-8-7-9-12-17/h7-9,11-12,15-16,18-20H,5-6,10,13-14H2,1-4H3. The van der Waals surface area contributed by atoms with Gasteiger partial charge in [0.25, 0.3) is 0 Å². The quantitative estimate of drug-likeness (QED) is 0.653. The van der Waals surface area contributed by atoms with Gasteiger partial charge >= 0.3 is 0 Å². The molecule has 0 saturated carbocycles. The summed E-state index contributed by atoms with van der Waals surface area (Å²) in [4.78, 5) is 0. The molecule has 1 aromatic rings. The van der Waals surface area contributed by atoms with Gasteiger partial charge in [-0.3, -0.25) is 0 Å². The van der Waals surface area contributed by atoms with E-state index >= 15 is 0 Å². The minimum Gasteiger partial charge on any atom is -0.396 e. The van der Waals surface area contributed by atoms with Crippen LogP contribution < -0.4 is 0 Å². The van der Waals surface area contributed by atoms with Crippen molar-refractivity contribution in [1.29, 1.82) is 0 Å². The first-order valence-electron chi connectivity index (χ1n) is 8.25. The van der Waals surface area contributed by atoms with Crippen LogP contribution in [0.5, 0.6) is 0 Å². The molecule has 20 heavy (non-hydrogen) atoms. The largest absolute Gasteiger partial charge is 0.396 e. The third kappa shape index (κ3) is 5.28. The summed E-state index contributed by atoms with van der Waals surface area (Å²) in [7, 11) is 0. The zero-order chi connectivity index (χ0) is 15.0. The van der Waals surface area contributed by atoms with Gasteiger partial charge in [-0.1, -0.05) is 77.3 Å². The molecule has 0 aliphatic rings. The van der Waals surface area contributed by atoms with E-state index in [4.69, 9.17) is 0 Å². The van der Waals surface area contributed by atoms with E-state index in [-0.39, 0.29) is 12.5 Å². The second kappa shape index (κ2) is 9.18. The van der Waals surface area contributed by atoms with Crippen LogP contribution in [0.4, 0.5) is 0 Å². The number of benzene rings is 1. The van der Waals surface area contributed by atoms with Crippen molar-refractivity contribution < 1.29 is 5.11 Å². The first-order valence-corrected chi connectivity index (χ1v) is 8.25. The summed E-state index contributed by atoms with van der Waals surface area (Å²) in [6.07, 6.45) is 5.15. The van der Waals surface area contributed by atoms with E-state index in [1.807, 2.05) is 6.07 Å². The van der Waals surface area contributed by atoms with Gasteiger partial charge in [0, 0.05) is 5.92 Å². The molecule has 1 heteroatoms. The first kappa shape index (κ1) is 17.2. The Labute approximate surface area is 125 Å². The second-order valence-electron chi connectivity index (χ2n) is 6.56. The summed E-state index contributed by atoms with van der Waals surface area (Å²) in [5.74, 6) is 2.33. The highest BCUT2D eigenvalue weighted by molar-refractivity contribution is 5.20. The van der Waals surface area contributed by atoms with Gasteiger partial charge in [0.15, 0.2) is 0 Å². The molecule has 0 spiro atoms. The molecule has 3 atom stereocenters. The predicted molar refractivity (Wildman–Crippen MR) is 87.9 cm³/mol. The van der Waals surface area contributed by atoms with Crippen LogP contribution in [0.15, 0.2) is 30.3 Å². The van der Waals surface area contributed by atoms with Gasteiger partial charge in [0.1, 0.15) is 0 Å². The summed E-state index contributed by atoms with van der Waals surface area (Å²) >= 11 is 0. The molecule has 0 aliphatic heterocycles. The van der Waals surface area contributed by atoms with Crippen molar-refractivity contribution >= 4 is 0 Å². The lowest BCUT2D eigenvalue weighted by Gasteiger charge is -2.29. The minimum atomic E-state index is 0.254. The highest BCUT2D eigenvalue weighted by Crippen LogP contribution is 2.33. The van der Waals surface area contributed by atoms with Crippen molar-refractivity contribution in [2.75, 3.05) is 6.61 Å². The van der Waals surface area contributed by atoms with E-state index in [0.717, 1.165) is 11.8 Å². The van der Waals surface area contributed by atoms with Crippen molar-refractivity contribution in [1.82, 2.24) is 0 Å². The van der Waals surface area contributed by atoms with Crippen LogP contribution in [-0.2, 0) is 0 Å². The molecule has 0 radical (unpaired) electrons. The summed E-state index contributed by atoms with van der Waals surface area (Å²) in [6, 6.07) is 10.5. The fourth-order valence-corrected chi connectivity index (χ4v) is 3.15. The van der Waals surface area contributed by atoms with Crippen LogP contribution in [0.1, 0.15) is 64.9 Å². The van der Waals surface area contributed by atoms with Gasteiger partial charge in [-0.25, -0.2) is 0 Å². The Kier molecular flexibility index (Phi) is 7.91. The Bertz CT molecular complexity index is 344. The Hall–Kier alpha value is -0.820. The molecule has 0 aliphatic carbocycles. The smallest absolute Gasteiger partial charge is 0.0502 e. The highest BCUT2D eigenvalue weighted by atomic mass is 16.3. The van der Waals surface area contributed by atoms with Gasteiger partial charge in [0.05, 0.1) is 6.61 Å². The van der Waals surface area contributed by atoms with Gasteiger partial charge in [0.2, 0.25) is 0 Å². The molecule has 1 nitrogen and oxygen atoms in total. The van der Waals surface area contributed by atoms with E-state index < -0.39 is 0 Å². The highest BCUT2D eigenvalue weighted by Gasteiger charge is 2.23. The Morgan fingerprint density at radius 1 is 1.05 bits per heavy atom. The number of hydrogen-bond donors (Lipinski definition) is 1. The van der Waals surface area contributed by atoms with Crippen LogP contribution in [0, 0.1) is 17.8 Å². The van der Waals surface area contributed by atoms with Gasteiger partial charge < -0.3 is 5.11 Å². The van der Waals surface area contributed by atoms with E-state index in [0.29, 0.717) is 5.92 Å². The molecule has 1 N–H and O–H groups in total. The minimum absolute atomic E-state index is 0.254. The lowest BCUT2D eigenvalue weighted by molar-refractivity contribution is 0.196. The fraction of sp³-hybridized carbons (Fsp3) is 0.684. The molecule has 0 heterocycles. The molecule has 3 unspecified atom stereocenters. The molecule has 0 bridgehead atoms. The zero-order valence-corrected chi connectivity index (χ0v) is 13.7. The average molecular weight is 276 g/mol. The van der Waals surface area contributed by atoms with E-state index in [1.54, 1.807) is 0 Å². The molecular formula is C19H32O. The molecule has 114 valence electrons. The van der Waals surface area contributed by atoms with Crippen molar-refractivity contribution in [2.24, 2.45) is 17.8 Å². The van der Waals surface area contributed by atoms with Crippen molar-refractivity contribution in [3.8, 4) is 0 Å². The maximum atomic E-state index is 9.78. The Morgan fingerprint density at radius 3 is 2.20 bits per heavy atom. The van der Waals surface area contributed by atoms with Crippen molar-refractivity contribution in [3.05, 3.63) is 35.9 Å². The molecular weight excluding hydrogens is 244 g/mol. The molecule has 0 amide bonds. The number of unbranched alkanes of at least 4 members (excludes halogenated alkanes) is 1. The SMILES string of the molecule is CCCCC(CC(C)C(CO)c1ccccc1)C(C)C. The third-order valence-electron chi connectivity index (χ3n) is 4.66. The number of aliphatic hydroxyl groups is 1. The molecule has 0 aromatic heterocycles.